The minimum absolute atomic E-state index is 0.114. The summed E-state index contributed by atoms with van der Waals surface area (Å²) in [6.07, 6.45) is 1.04. The Morgan fingerprint density at radius 3 is 2.61 bits per heavy atom. The smallest absolute Gasteiger partial charge is 0.278 e. The van der Waals surface area contributed by atoms with E-state index in [1.807, 2.05) is 22.4 Å². The largest absolute Gasteiger partial charge is 0.336 e. The van der Waals surface area contributed by atoms with Gasteiger partial charge in [-0.25, -0.2) is 4.39 Å². The van der Waals surface area contributed by atoms with Crippen molar-refractivity contribution in [1.29, 1.82) is 0 Å². The minimum Gasteiger partial charge on any atom is -0.336 e. The van der Waals surface area contributed by atoms with Crippen LogP contribution < -0.4 is 5.32 Å². The fraction of sp³-hybridized carbons (Fsp3) is 0.389. The Bertz CT molecular complexity index is 598. The molecule has 0 aliphatic heterocycles. The molecule has 0 aliphatic rings. The monoisotopic (exact) mass is 335 g/mol. The molecule has 0 aliphatic carbocycles. The molecule has 2 rings (SSSR count). The first-order chi connectivity index (χ1) is 11.1. The van der Waals surface area contributed by atoms with Gasteiger partial charge in [0.15, 0.2) is 6.54 Å². The molecule has 23 heavy (non-hydrogen) atoms. The van der Waals surface area contributed by atoms with Crippen LogP contribution in [0.1, 0.15) is 30.7 Å². The van der Waals surface area contributed by atoms with E-state index < -0.39 is 0 Å². The van der Waals surface area contributed by atoms with E-state index in [-0.39, 0.29) is 11.7 Å². The number of rotatable bonds is 8. The number of amides is 1. The maximum Gasteiger partial charge on any atom is 0.278 e. The van der Waals surface area contributed by atoms with Crippen molar-refractivity contribution >= 4 is 17.2 Å². The summed E-state index contributed by atoms with van der Waals surface area (Å²) in [5, 5.41) is 4.09. The lowest BCUT2D eigenvalue weighted by Crippen LogP contribution is -2.91. The van der Waals surface area contributed by atoms with Crippen LogP contribution in [0.5, 0.6) is 0 Å². The Balaban J connectivity index is 2.04. The number of benzene rings is 1. The molecule has 0 saturated carbocycles. The lowest BCUT2D eigenvalue weighted by atomic mass is 10.2. The lowest BCUT2D eigenvalue weighted by molar-refractivity contribution is -0.676. The second kappa shape index (κ2) is 8.79. The van der Waals surface area contributed by atoms with Crippen LogP contribution in [0.2, 0.25) is 0 Å². The molecule has 0 saturated heterocycles. The molecule has 0 bridgehead atoms. The van der Waals surface area contributed by atoms with Gasteiger partial charge in [-0.2, -0.15) is 0 Å². The van der Waals surface area contributed by atoms with Gasteiger partial charge in [-0.05, 0) is 42.5 Å². The fourth-order valence-corrected chi connectivity index (χ4v) is 2.95. The third-order valence-corrected chi connectivity index (χ3v) is 4.77. The number of carbonyl (C=O) groups excluding carboxylic acids is 1. The first kappa shape index (κ1) is 17.6. The van der Waals surface area contributed by atoms with Crippen molar-refractivity contribution in [3.63, 3.8) is 0 Å². The molecule has 1 amide bonds. The number of nitrogens with two attached hydrogens (primary N) is 1. The molecule has 1 heterocycles. The van der Waals surface area contributed by atoms with Crippen LogP contribution in [0.4, 0.5) is 4.39 Å². The Labute approximate surface area is 141 Å². The van der Waals surface area contributed by atoms with E-state index in [2.05, 4.69) is 19.2 Å². The second-order valence-electron chi connectivity index (χ2n) is 5.78. The first-order valence-corrected chi connectivity index (χ1v) is 8.84. The Morgan fingerprint density at radius 1 is 1.26 bits per heavy atom. The number of hydrogen-bond acceptors (Lipinski definition) is 2. The maximum atomic E-state index is 13.1. The minimum atomic E-state index is -0.255. The van der Waals surface area contributed by atoms with Crippen molar-refractivity contribution < 1.29 is 14.5 Å². The van der Waals surface area contributed by atoms with E-state index >= 15 is 0 Å². The Morgan fingerprint density at radius 2 is 2.00 bits per heavy atom. The van der Waals surface area contributed by atoms with Crippen molar-refractivity contribution in [2.24, 2.45) is 0 Å². The molecule has 3 nitrogen and oxygen atoms in total. The van der Waals surface area contributed by atoms with E-state index in [4.69, 9.17) is 0 Å². The highest BCUT2D eigenvalue weighted by Crippen LogP contribution is 2.15. The zero-order valence-corrected chi connectivity index (χ0v) is 14.5. The van der Waals surface area contributed by atoms with Gasteiger partial charge in [0.1, 0.15) is 5.82 Å². The quantitative estimate of drug-likeness (QED) is 0.791. The third-order valence-electron chi connectivity index (χ3n) is 3.90. The molecule has 1 aromatic heterocycles. The van der Waals surface area contributed by atoms with Crippen LogP contribution in [0.15, 0.2) is 41.8 Å². The molecule has 0 radical (unpaired) electrons. The molecule has 2 N–H and O–H groups in total. The molecule has 2 aromatic rings. The van der Waals surface area contributed by atoms with Gasteiger partial charge >= 0.3 is 0 Å². The maximum absolute atomic E-state index is 13.1. The highest BCUT2D eigenvalue weighted by molar-refractivity contribution is 7.09. The number of thiophene rings is 1. The van der Waals surface area contributed by atoms with Gasteiger partial charge in [-0.1, -0.05) is 25.1 Å². The summed E-state index contributed by atoms with van der Waals surface area (Å²) in [5.74, 6) is -0.141. The number of nitrogens with zero attached hydrogens (tertiary/aromatic N) is 1. The van der Waals surface area contributed by atoms with Gasteiger partial charge in [0.25, 0.3) is 5.91 Å². The molecular weight excluding hydrogens is 311 g/mol. The predicted molar refractivity (Wildman–Crippen MR) is 91.5 cm³/mol. The molecule has 124 valence electrons. The van der Waals surface area contributed by atoms with Crippen molar-refractivity contribution in [2.45, 2.75) is 39.4 Å². The van der Waals surface area contributed by atoms with Crippen LogP contribution in [0.25, 0.3) is 0 Å². The van der Waals surface area contributed by atoms with Crippen molar-refractivity contribution in [3.8, 4) is 0 Å². The van der Waals surface area contributed by atoms with Gasteiger partial charge < -0.3 is 10.2 Å². The molecule has 0 unspecified atom stereocenters. The topological polar surface area (TPSA) is 36.9 Å². The molecule has 1 aromatic carbocycles. The van der Waals surface area contributed by atoms with Crippen molar-refractivity contribution in [3.05, 3.63) is 58.0 Å². The number of quaternary nitrogens is 1. The number of halogens is 1. The Hall–Kier alpha value is -1.72. The molecule has 0 fully saturated rings. The Kier molecular flexibility index (Phi) is 6.74. The van der Waals surface area contributed by atoms with Gasteiger partial charge in [0.2, 0.25) is 0 Å². The second-order valence-corrected chi connectivity index (χ2v) is 6.81. The van der Waals surface area contributed by atoms with Crippen LogP contribution in [-0.4, -0.2) is 23.4 Å². The molecule has 1 atom stereocenters. The summed E-state index contributed by atoms with van der Waals surface area (Å²) >= 11 is 1.65. The molecular formula is C18H24FN2OS+. The predicted octanol–water partition coefficient (Wildman–Crippen LogP) is 2.78. The highest BCUT2D eigenvalue weighted by Gasteiger charge is 2.17. The molecule has 5 heteroatoms. The van der Waals surface area contributed by atoms with Crippen molar-refractivity contribution in [1.82, 2.24) is 4.90 Å². The van der Waals surface area contributed by atoms with Crippen LogP contribution in [0.3, 0.4) is 0 Å². The van der Waals surface area contributed by atoms with Crippen molar-refractivity contribution in [2.75, 3.05) is 6.54 Å². The van der Waals surface area contributed by atoms with E-state index in [9.17, 15) is 9.18 Å². The van der Waals surface area contributed by atoms with Gasteiger partial charge in [0, 0.05) is 11.4 Å². The third kappa shape index (κ3) is 5.77. The highest BCUT2D eigenvalue weighted by atomic mass is 32.1. The summed E-state index contributed by atoms with van der Waals surface area (Å²) in [4.78, 5) is 15.6. The lowest BCUT2D eigenvalue weighted by Gasteiger charge is -2.22. The number of hydrogen-bond donors (Lipinski definition) is 1. The van der Waals surface area contributed by atoms with E-state index in [0.717, 1.165) is 16.9 Å². The number of carbonyl (C=O) groups is 1. The summed E-state index contributed by atoms with van der Waals surface area (Å²) in [7, 11) is 0. The van der Waals surface area contributed by atoms with E-state index in [0.29, 0.717) is 25.7 Å². The van der Waals surface area contributed by atoms with Gasteiger partial charge in [0.05, 0.1) is 12.6 Å². The van der Waals surface area contributed by atoms with Crippen LogP contribution in [-0.2, 0) is 17.9 Å². The van der Waals surface area contributed by atoms with E-state index in [1.165, 1.54) is 12.1 Å². The van der Waals surface area contributed by atoms with Crippen LogP contribution in [0, 0.1) is 5.82 Å². The summed E-state index contributed by atoms with van der Waals surface area (Å²) in [6.45, 7) is 5.79. The van der Waals surface area contributed by atoms with Gasteiger partial charge in [-0.3, -0.25) is 4.79 Å². The summed E-state index contributed by atoms with van der Waals surface area (Å²) in [5.41, 5.74) is 0.944. The fourth-order valence-electron chi connectivity index (χ4n) is 2.23. The van der Waals surface area contributed by atoms with E-state index in [1.54, 1.807) is 23.5 Å². The molecule has 0 spiro atoms. The average molecular weight is 335 g/mol. The zero-order valence-electron chi connectivity index (χ0n) is 13.7. The summed E-state index contributed by atoms with van der Waals surface area (Å²) < 4.78 is 13.1. The van der Waals surface area contributed by atoms with Crippen LogP contribution >= 0.6 is 11.3 Å². The zero-order chi connectivity index (χ0) is 16.7. The standard InChI is InChI=1S/C18H23FN2OS/c1-3-14(2)20-11-18(22)21(13-17-5-4-10-23-17)12-15-6-8-16(19)9-7-15/h4-10,14,20H,3,11-13H2,1-2H3/p+1/t14-/m1/s1. The van der Waals surface area contributed by atoms with Gasteiger partial charge in [-0.15, -0.1) is 11.3 Å². The summed E-state index contributed by atoms with van der Waals surface area (Å²) in [6, 6.07) is 10.8. The first-order valence-electron chi connectivity index (χ1n) is 7.96. The average Bonchev–Trinajstić information content (AvgIpc) is 3.06. The SMILES string of the molecule is CC[C@@H](C)[NH2+]CC(=O)N(Cc1ccc(F)cc1)Cc1cccs1. The normalized spacial score (nSPS) is 12.1.